The fraction of sp³-hybridized carbons (Fsp3) is 0.333. The molecule has 1 aliphatic rings. The molecule has 0 bridgehead atoms. The molecule has 6 nitrogen and oxygen atoms in total. The standard InChI is InChI=1S/C21H22FNO5/c22-16-6-8-17(9-7-16)28-18(19(24)25)14-23-20(26)21(10-12-27-13-11-21)15-4-2-1-3-5-15/h1-9,18H,10-14H2,(H,23,26)(H,24,25). The van der Waals surface area contributed by atoms with Crippen LogP contribution in [0.5, 0.6) is 5.75 Å². The molecule has 1 fully saturated rings. The second-order valence-corrected chi connectivity index (χ2v) is 6.67. The lowest BCUT2D eigenvalue weighted by Gasteiger charge is -2.36. The van der Waals surface area contributed by atoms with Crippen LogP contribution >= 0.6 is 0 Å². The highest BCUT2D eigenvalue weighted by atomic mass is 19.1. The normalized spacial score (nSPS) is 16.8. The number of rotatable bonds is 7. The average Bonchev–Trinajstić information content (AvgIpc) is 2.73. The molecule has 1 unspecified atom stereocenters. The van der Waals surface area contributed by atoms with Crippen LogP contribution in [0.1, 0.15) is 18.4 Å². The lowest BCUT2D eigenvalue weighted by Crippen LogP contribution is -2.51. The minimum absolute atomic E-state index is 0.207. The summed E-state index contributed by atoms with van der Waals surface area (Å²) in [5, 5.41) is 12.2. The summed E-state index contributed by atoms with van der Waals surface area (Å²) >= 11 is 0. The van der Waals surface area contributed by atoms with Gasteiger partial charge in [-0.15, -0.1) is 0 Å². The summed E-state index contributed by atoms with van der Waals surface area (Å²) in [5.74, 6) is -1.70. The molecule has 1 heterocycles. The van der Waals surface area contributed by atoms with Crippen LogP contribution in [-0.2, 0) is 19.7 Å². The minimum Gasteiger partial charge on any atom is -0.478 e. The molecule has 0 saturated carbocycles. The molecular weight excluding hydrogens is 365 g/mol. The van der Waals surface area contributed by atoms with Crippen LogP contribution in [0.25, 0.3) is 0 Å². The van der Waals surface area contributed by atoms with Gasteiger partial charge in [-0.05, 0) is 42.7 Å². The molecule has 0 aromatic heterocycles. The Morgan fingerprint density at radius 1 is 1.11 bits per heavy atom. The van der Waals surface area contributed by atoms with E-state index in [0.29, 0.717) is 26.1 Å². The van der Waals surface area contributed by atoms with Gasteiger partial charge in [-0.1, -0.05) is 30.3 Å². The number of carboxylic acid groups (broad SMARTS) is 1. The van der Waals surface area contributed by atoms with Crippen LogP contribution in [0.15, 0.2) is 54.6 Å². The number of nitrogens with one attached hydrogen (secondary N) is 1. The fourth-order valence-electron chi connectivity index (χ4n) is 3.34. The Labute approximate surface area is 162 Å². The summed E-state index contributed by atoms with van der Waals surface area (Å²) in [4.78, 5) is 24.6. The van der Waals surface area contributed by atoms with Gasteiger partial charge in [0, 0.05) is 13.2 Å². The maximum atomic E-state index is 13.1. The van der Waals surface area contributed by atoms with Gasteiger partial charge in [0.05, 0.1) is 12.0 Å². The summed E-state index contributed by atoms with van der Waals surface area (Å²) in [7, 11) is 0. The third-order valence-electron chi connectivity index (χ3n) is 4.92. The van der Waals surface area contributed by atoms with Crippen molar-refractivity contribution in [3.8, 4) is 5.75 Å². The van der Waals surface area contributed by atoms with Crippen molar-refractivity contribution in [3.63, 3.8) is 0 Å². The van der Waals surface area contributed by atoms with E-state index < -0.39 is 23.3 Å². The second-order valence-electron chi connectivity index (χ2n) is 6.67. The van der Waals surface area contributed by atoms with E-state index in [1.54, 1.807) is 0 Å². The van der Waals surface area contributed by atoms with E-state index >= 15 is 0 Å². The molecule has 1 aliphatic heterocycles. The van der Waals surface area contributed by atoms with Crippen molar-refractivity contribution < 1.29 is 28.6 Å². The van der Waals surface area contributed by atoms with Crippen molar-refractivity contribution in [2.75, 3.05) is 19.8 Å². The number of ether oxygens (including phenoxy) is 2. The zero-order chi connectivity index (χ0) is 20.0. The van der Waals surface area contributed by atoms with E-state index in [2.05, 4.69) is 5.32 Å². The fourth-order valence-corrected chi connectivity index (χ4v) is 3.34. The van der Waals surface area contributed by atoms with Crippen LogP contribution < -0.4 is 10.1 Å². The SMILES string of the molecule is O=C(O)C(CNC(=O)C1(c2ccccc2)CCOCC1)Oc1ccc(F)cc1. The van der Waals surface area contributed by atoms with Crippen LogP contribution in [0.4, 0.5) is 4.39 Å². The summed E-state index contributed by atoms with van der Waals surface area (Å²) in [5.41, 5.74) is 0.112. The van der Waals surface area contributed by atoms with Crippen molar-refractivity contribution >= 4 is 11.9 Å². The Balaban J connectivity index is 1.71. The number of carboxylic acids is 1. The molecule has 2 N–H and O–H groups in total. The Hall–Kier alpha value is -2.93. The van der Waals surface area contributed by atoms with Gasteiger partial charge in [0.15, 0.2) is 0 Å². The maximum absolute atomic E-state index is 13.1. The van der Waals surface area contributed by atoms with Gasteiger partial charge in [0.25, 0.3) is 0 Å². The van der Waals surface area contributed by atoms with Gasteiger partial charge in [-0.3, -0.25) is 4.79 Å². The number of hydrogen-bond donors (Lipinski definition) is 2. The molecule has 28 heavy (non-hydrogen) atoms. The monoisotopic (exact) mass is 387 g/mol. The van der Waals surface area contributed by atoms with Crippen LogP contribution in [0, 0.1) is 5.82 Å². The highest BCUT2D eigenvalue weighted by Gasteiger charge is 2.42. The van der Waals surface area contributed by atoms with Gasteiger partial charge in [-0.25, -0.2) is 9.18 Å². The molecule has 1 amide bonds. The van der Waals surface area contributed by atoms with Gasteiger partial charge < -0.3 is 19.9 Å². The highest BCUT2D eigenvalue weighted by molar-refractivity contribution is 5.89. The molecule has 3 rings (SSSR count). The molecule has 1 saturated heterocycles. The predicted molar refractivity (Wildman–Crippen MR) is 99.6 cm³/mol. The van der Waals surface area contributed by atoms with Gasteiger partial charge >= 0.3 is 5.97 Å². The molecule has 0 spiro atoms. The summed E-state index contributed by atoms with van der Waals surface area (Å²) in [6, 6.07) is 14.5. The van der Waals surface area contributed by atoms with Crippen molar-refractivity contribution in [2.45, 2.75) is 24.4 Å². The van der Waals surface area contributed by atoms with Crippen LogP contribution in [-0.4, -0.2) is 42.8 Å². The van der Waals surface area contributed by atoms with E-state index in [1.807, 2.05) is 30.3 Å². The van der Waals surface area contributed by atoms with Crippen molar-refractivity contribution in [1.29, 1.82) is 0 Å². The average molecular weight is 387 g/mol. The molecule has 0 radical (unpaired) electrons. The second kappa shape index (κ2) is 8.84. The molecule has 0 aliphatic carbocycles. The van der Waals surface area contributed by atoms with E-state index in [0.717, 1.165) is 5.56 Å². The number of carbonyl (C=O) groups is 2. The first kappa shape index (κ1) is 19.8. The topological polar surface area (TPSA) is 84.9 Å². The number of aliphatic carboxylic acids is 1. The number of benzene rings is 2. The van der Waals surface area contributed by atoms with Crippen molar-refractivity contribution in [3.05, 3.63) is 66.0 Å². The molecular formula is C21H22FNO5. The Morgan fingerprint density at radius 2 is 1.75 bits per heavy atom. The zero-order valence-corrected chi connectivity index (χ0v) is 15.3. The smallest absolute Gasteiger partial charge is 0.346 e. The first-order valence-electron chi connectivity index (χ1n) is 9.08. The first-order valence-corrected chi connectivity index (χ1v) is 9.08. The largest absolute Gasteiger partial charge is 0.478 e. The van der Waals surface area contributed by atoms with E-state index in [9.17, 15) is 19.1 Å². The molecule has 1 atom stereocenters. The maximum Gasteiger partial charge on any atom is 0.346 e. The number of carbonyl (C=O) groups excluding carboxylic acids is 1. The molecule has 2 aromatic rings. The Morgan fingerprint density at radius 3 is 2.36 bits per heavy atom. The van der Waals surface area contributed by atoms with Gasteiger partial charge in [0.1, 0.15) is 11.6 Å². The minimum atomic E-state index is -1.29. The van der Waals surface area contributed by atoms with Gasteiger partial charge in [0.2, 0.25) is 12.0 Å². The van der Waals surface area contributed by atoms with Crippen molar-refractivity contribution in [1.82, 2.24) is 5.32 Å². The first-order chi connectivity index (χ1) is 13.5. The Kier molecular flexibility index (Phi) is 6.26. The molecule has 2 aromatic carbocycles. The lowest BCUT2D eigenvalue weighted by atomic mass is 9.73. The van der Waals surface area contributed by atoms with E-state index in [1.165, 1.54) is 24.3 Å². The van der Waals surface area contributed by atoms with E-state index in [4.69, 9.17) is 9.47 Å². The number of amides is 1. The van der Waals surface area contributed by atoms with Crippen LogP contribution in [0.3, 0.4) is 0 Å². The van der Waals surface area contributed by atoms with E-state index in [-0.39, 0.29) is 18.2 Å². The predicted octanol–water partition coefficient (Wildman–Crippen LogP) is 2.52. The zero-order valence-electron chi connectivity index (χ0n) is 15.3. The lowest BCUT2D eigenvalue weighted by molar-refractivity contribution is -0.145. The van der Waals surface area contributed by atoms with Gasteiger partial charge in [-0.2, -0.15) is 0 Å². The Bertz CT molecular complexity index is 803. The third-order valence-corrected chi connectivity index (χ3v) is 4.92. The number of halogens is 1. The summed E-state index contributed by atoms with van der Waals surface area (Å²) in [6.07, 6.45) is -0.263. The quantitative estimate of drug-likeness (QED) is 0.763. The van der Waals surface area contributed by atoms with Crippen LogP contribution in [0.2, 0.25) is 0 Å². The molecule has 148 valence electrons. The highest BCUT2D eigenvalue weighted by Crippen LogP contribution is 2.35. The third kappa shape index (κ3) is 4.48. The van der Waals surface area contributed by atoms with Crippen molar-refractivity contribution in [2.24, 2.45) is 0 Å². The molecule has 7 heteroatoms. The summed E-state index contributed by atoms with van der Waals surface area (Å²) in [6.45, 7) is 0.703. The summed E-state index contributed by atoms with van der Waals surface area (Å²) < 4.78 is 23.8. The number of hydrogen-bond acceptors (Lipinski definition) is 4.